The Bertz CT molecular complexity index is 377. The van der Waals surface area contributed by atoms with Gasteiger partial charge in [0.05, 0.1) is 6.04 Å². The van der Waals surface area contributed by atoms with Gasteiger partial charge in [-0.2, -0.15) is 0 Å². The van der Waals surface area contributed by atoms with Gasteiger partial charge in [0.15, 0.2) is 0 Å². The molecule has 1 aromatic rings. The summed E-state index contributed by atoms with van der Waals surface area (Å²) in [5, 5.41) is 2.18. The van der Waals surface area contributed by atoms with Gasteiger partial charge >= 0.3 is 0 Å². The molecule has 18 heavy (non-hydrogen) atoms. The fraction of sp³-hybridized carbons (Fsp3) is 0.714. The Kier molecular flexibility index (Phi) is 4.78. The topological polar surface area (TPSA) is 32.5 Å². The van der Waals surface area contributed by atoms with Crippen LogP contribution in [0.4, 0.5) is 0 Å². The molecule has 4 heteroatoms. The van der Waals surface area contributed by atoms with Gasteiger partial charge in [-0.1, -0.05) is 6.92 Å². The van der Waals surface area contributed by atoms with E-state index in [0.717, 1.165) is 26.2 Å². The first-order valence-electron chi connectivity index (χ1n) is 6.85. The number of aryl methyl sites for hydroxylation is 1. The van der Waals surface area contributed by atoms with Crippen molar-refractivity contribution in [3.8, 4) is 0 Å². The molecule has 1 aliphatic rings. The molecule has 2 atom stereocenters. The van der Waals surface area contributed by atoms with Gasteiger partial charge in [-0.25, -0.2) is 0 Å². The van der Waals surface area contributed by atoms with E-state index in [-0.39, 0.29) is 0 Å². The van der Waals surface area contributed by atoms with Gasteiger partial charge in [0, 0.05) is 37.1 Å². The summed E-state index contributed by atoms with van der Waals surface area (Å²) in [5.74, 6) is 0. The second kappa shape index (κ2) is 6.15. The second-order valence-electron chi connectivity index (χ2n) is 5.26. The Balaban J connectivity index is 2.12. The summed E-state index contributed by atoms with van der Waals surface area (Å²) >= 11 is 1.85. The van der Waals surface area contributed by atoms with Gasteiger partial charge in [0.2, 0.25) is 0 Å². The molecule has 102 valence electrons. The Morgan fingerprint density at radius 3 is 2.83 bits per heavy atom. The zero-order chi connectivity index (χ0) is 13.1. The molecular weight excluding hydrogens is 242 g/mol. The lowest BCUT2D eigenvalue weighted by molar-refractivity contribution is 0.0653. The van der Waals surface area contributed by atoms with E-state index >= 15 is 0 Å². The average Bonchev–Trinajstić information content (AvgIpc) is 2.79. The normalized spacial score (nSPS) is 24.3. The molecule has 1 aliphatic heterocycles. The van der Waals surface area contributed by atoms with Crippen LogP contribution in [-0.4, -0.2) is 49.1 Å². The molecule has 0 spiro atoms. The Hall–Kier alpha value is -0.420. The van der Waals surface area contributed by atoms with Crippen LogP contribution in [-0.2, 0) is 0 Å². The Labute approximate surface area is 115 Å². The maximum atomic E-state index is 6.04. The third-order valence-electron chi connectivity index (χ3n) is 4.15. The van der Waals surface area contributed by atoms with Crippen LogP contribution in [0.25, 0.3) is 0 Å². The van der Waals surface area contributed by atoms with Gasteiger partial charge in [0.25, 0.3) is 0 Å². The quantitative estimate of drug-likeness (QED) is 0.906. The molecule has 2 unspecified atom stereocenters. The molecule has 3 nitrogen and oxygen atoms in total. The average molecular weight is 267 g/mol. The summed E-state index contributed by atoms with van der Waals surface area (Å²) in [6.45, 7) is 8.62. The Morgan fingerprint density at radius 1 is 1.50 bits per heavy atom. The maximum Gasteiger partial charge on any atom is 0.0567 e. The minimum atomic E-state index is 0.410. The predicted octanol–water partition coefficient (Wildman–Crippen LogP) is 2.08. The largest absolute Gasteiger partial charge is 0.329 e. The van der Waals surface area contributed by atoms with Gasteiger partial charge in [-0.15, -0.1) is 11.3 Å². The van der Waals surface area contributed by atoms with E-state index < -0.39 is 0 Å². The number of likely N-dealkylation sites (N-methyl/N-ethyl adjacent to an activating group) is 1. The van der Waals surface area contributed by atoms with E-state index in [1.54, 1.807) is 0 Å². The molecule has 0 aromatic carbocycles. The van der Waals surface area contributed by atoms with E-state index in [2.05, 4.69) is 42.1 Å². The summed E-state index contributed by atoms with van der Waals surface area (Å²) < 4.78 is 0. The molecule has 2 heterocycles. The number of hydrogen-bond acceptors (Lipinski definition) is 4. The molecule has 0 bridgehead atoms. The number of hydrogen-bond donors (Lipinski definition) is 1. The van der Waals surface area contributed by atoms with Crippen molar-refractivity contribution >= 4 is 11.3 Å². The smallest absolute Gasteiger partial charge is 0.0567 e. The fourth-order valence-electron chi connectivity index (χ4n) is 2.84. The monoisotopic (exact) mass is 267 g/mol. The molecule has 1 aromatic heterocycles. The fourth-order valence-corrected chi connectivity index (χ4v) is 3.92. The van der Waals surface area contributed by atoms with Crippen LogP contribution >= 0.6 is 11.3 Å². The molecule has 1 fully saturated rings. The number of thiophene rings is 1. The van der Waals surface area contributed by atoms with Gasteiger partial charge in [0.1, 0.15) is 0 Å². The van der Waals surface area contributed by atoms with Gasteiger partial charge in [-0.3, -0.25) is 4.90 Å². The van der Waals surface area contributed by atoms with Crippen molar-refractivity contribution in [3.63, 3.8) is 0 Å². The molecule has 0 saturated carbocycles. The highest BCUT2D eigenvalue weighted by atomic mass is 32.1. The molecule has 2 rings (SSSR count). The number of nitrogens with two attached hydrogens (primary N) is 1. The van der Waals surface area contributed by atoms with E-state index in [0.29, 0.717) is 12.1 Å². The van der Waals surface area contributed by atoms with E-state index in [1.165, 1.54) is 16.9 Å². The molecule has 1 saturated heterocycles. The zero-order valence-electron chi connectivity index (χ0n) is 11.7. The van der Waals surface area contributed by atoms with Crippen LogP contribution < -0.4 is 5.73 Å². The highest BCUT2D eigenvalue weighted by molar-refractivity contribution is 7.10. The lowest BCUT2D eigenvalue weighted by atomic mass is 10.1. The second-order valence-corrected chi connectivity index (χ2v) is 6.20. The minimum absolute atomic E-state index is 0.410. The molecule has 0 aliphatic carbocycles. The van der Waals surface area contributed by atoms with Crippen molar-refractivity contribution in [1.82, 2.24) is 9.80 Å². The summed E-state index contributed by atoms with van der Waals surface area (Å²) in [7, 11) is 2.24. The van der Waals surface area contributed by atoms with Crippen LogP contribution in [0.1, 0.15) is 29.8 Å². The summed E-state index contributed by atoms with van der Waals surface area (Å²) in [6.07, 6.45) is 1.22. The number of piperazine rings is 1. The lowest BCUT2D eigenvalue weighted by Crippen LogP contribution is -2.53. The van der Waals surface area contributed by atoms with Crippen molar-refractivity contribution < 1.29 is 0 Å². The maximum absolute atomic E-state index is 6.04. The lowest BCUT2D eigenvalue weighted by Gasteiger charge is -2.42. The predicted molar refractivity (Wildman–Crippen MR) is 79.1 cm³/mol. The van der Waals surface area contributed by atoms with Crippen molar-refractivity contribution in [2.75, 3.05) is 33.2 Å². The van der Waals surface area contributed by atoms with Crippen molar-refractivity contribution in [2.45, 2.75) is 32.4 Å². The SMILES string of the molecule is CCC1CN(C(CN)c2sccc2C)CCN1C. The van der Waals surface area contributed by atoms with E-state index in [9.17, 15) is 0 Å². The van der Waals surface area contributed by atoms with E-state index in [1.807, 2.05) is 11.3 Å². The first-order chi connectivity index (χ1) is 8.67. The van der Waals surface area contributed by atoms with Crippen molar-refractivity contribution in [1.29, 1.82) is 0 Å². The third kappa shape index (κ3) is 2.77. The summed E-state index contributed by atoms with van der Waals surface area (Å²) in [5.41, 5.74) is 7.43. The molecule has 2 N–H and O–H groups in total. The molecular formula is C14H25N3S. The summed E-state index contributed by atoms with van der Waals surface area (Å²) in [6, 6.07) is 3.29. The molecule has 0 amide bonds. The van der Waals surface area contributed by atoms with Crippen LogP contribution in [0, 0.1) is 6.92 Å². The highest BCUT2D eigenvalue weighted by Crippen LogP contribution is 2.29. The first-order valence-corrected chi connectivity index (χ1v) is 7.73. The first kappa shape index (κ1) is 14.0. The van der Waals surface area contributed by atoms with Crippen LogP contribution in [0.5, 0.6) is 0 Å². The molecule has 0 radical (unpaired) electrons. The highest BCUT2D eigenvalue weighted by Gasteiger charge is 2.29. The van der Waals surface area contributed by atoms with Gasteiger partial charge in [-0.05, 0) is 37.4 Å². The van der Waals surface area contributed by atoms with Crippen LogP contribution in [0.2, 0.25) is 0 Å². The number of rotatable bonds is 4. The van der Waals surface area contributed by atoms with Gasteiger partial charge < -0.3 is 10.6 Å². The standard InChI is InChI=1S/C14H25N3S/c1-4-12-10-17(7-6-16(12)3)13(9-15)14-11(2)5-8-18-14/h5,8,12-13H,4,6-7,9-10,15H2,1-3H3. The van der Waals surface area contributed by atoms with Crippen molar-refractivity contribution in [2.24, 2.45) is 5.73 Å². The zero-order valence-corrected chi connectivity index (χ0v) is 12.5. The third-order valence-corrected chi connectivity index (χ3v) is 5.27. The van der Waals surface area contributed by atoms with Crippen LogP contribution in [0.3, 0.4) is 0 Å². The summed E-state index contributed by atoms with van der Waals surface area (Å²) in [4.78, 5) is 6.51. The van der Waals surface area contributed by atoms with E-state index in [4.69, 9.17) is 5.73 Å². The van der Waals surface area contributed by atoms with Crippen LogP contribution in [0.15, 0.2) is 11.4 Å². The number of nitrogens with zero attached hydrogens (tertiary/aromatic N) is 2. The minimum Gasteiger partial charge on any atom is -0.329 e. The Morgan fingerprint density at radius 2 is 2.28 bits per heavy atom. The van der Waals surface area contributed by atoms with Crippen molar-refractivity contribution in [3.05, 3.63) is 21.9 Å².